The summed E-state index contributed by atoms with van der Waals surface area (Å²) in [4.78, 5) is 45.4. The number of fused-ring (bicyclic) bond motifs is 1. The Morgan fingerprint density at radius 2 is 1.74 bits per heavy atom. The third-order valence-electron chi connectivity index (χ3n) is 5.79. The fraction of sp³-hybridized carbons (Fsp3) is 0.381. The van der Waals surface area contributed by atoms with Gasteiger partial charge in [-0.15, -0.1) is 5.10 Å². The van der Waals surface area contributed by atoms with Crippen LogP contribution in [0.3, 0.4) is 0 Å². The van der Waals surface area contributed by atoms with Crippen LogP contribution >= 0.6 is 15.9 Å². The van der Waals surface area contributed by atoms with Crippen LogP contribution in [0.4, 0.5) is 24.5 Å². The van der Waals surface area contributed by atoms with Gasteiger partial charge in [-0.2, -0.15) is 22.7 Å². The first-order chi connectivity index (χ1) is 16.5. The van der Waals surface area contributed by atoms with Gasteiger partial charge in [-0.3, -0.25) is 14.4 Å². The second-order valence-electron chi connectivity index (χ2n) is 8.03. The Hall–Kier alpha value is -3.42. The summed E-state index contributed by atoms with van der Waals surface area (Å²) < 4.78 is 41.1. The SMILES string of the molecule is CC(=O)N1CCN(c2c(C)n(CC(=O)Nc3ccc(C(F)(F)F)cc3)c3nc(Br)nn3c2=O)CC1. The summed E-state index contributed by atoms with van der Waals surface area (Å²) >= 11 is 3.16. The molecule has 1 fully saturated rings. The predicted molar refractivity (Wildman–Crippen MR) is 124 cm³/mol. The maximum absolute atomic E-state index is 13.2. The van der Waals surface area contributed by atoms with Crippen LogP contribution in [0.2, 0.25) is 0 Å². The van der Waals surface area contributed by atoms with E-state index in [-0.39, 0.29) is 28.7 Å². The molecule has 0 aliphatic carbocycles. The maximum atomic E-state index is 13.2. The van der Waals surface area contributed by atoms with Crippen LogP contribution in [0.15, 0.2) is 33.8 Å². The summed E-state index contributed by atoms with van der Waals surface area (Å²) in [5, 5.41) is 6.66. The highest BCUT2D eigenvalue weighted by Gasteiger charge is 2.30. The number of alkyl halides is 3. The molecule has 35 heavy (non-hydrogen) atoms. The monoisotopic (exact) mass is 555 g/mol. The lowest BCUT2D eigenvalue weighted by Crippen LogP contribution is -2.50. The first-order valence-electron chi connectivity index (χ1n) is 10.6. The Bertz CT molecular complexity index is 1340. The van der Waals surface area contributed by atoms with Gasteiger partial charge in [0.1, 0.15) is 12.2 Å². The summed E-state index contributed by atoms with van der Waals surface area (Å²) in [5.41, 5.74) is -0.231. The van der Waals surface area contributed by atoms with Crippen molar-refractivity contribution in [1.82, 2.24) is 24.1 Å². The number of amides is 2. The zero-order valence-electron chi connectivity index (χ0n) is 18.8. The van der Waals surface area contributed by atoms with E-state index < -0.39 is 23.2 Å². The molecular formula is C21H21BrF3N7O3. The van der Waals surface area contributed by atoms with Gasteiger partial charge >= 0.3 is 6.18 Å². The van der Waals surface area contributed by atoms with Gasteiger partial charge in [0, 0.05) is 44.5 Å². The molecule has 1 aliphatic heterocycles. The Kier molecular flexibility index (Phi) is 6.58. The molecule has 3 aromatic rings. The van der Waals surface area contributed by atoms with Crippen molar-refractivity contribution >= 4 is 44.9 Å². The zero-order chi connectivity index (χ0) is 25.5. The molecule has 1 saturated heterocycles. The van der Waals surface area contributed by atoms with Gasteiger partial charge in [-0.05, 0) is 47.1 Å². The highest BCUT2D eigenvalue weighted by molar-refractivity contribution is 9.10. The van der Waals surface area contributed by atoms with E-state index in [2.05, 4.69) is 31.3 Å². The molecule has 4 rings (SSSR count). The van der Waals surface area contributed by atoms with Crippen molar-refractivity contribution in [2.45, 2.75) is 26.6 Å². The largest absolute Gasteiger partial charge is 0.416 e. The van der Waals surface area contributed by atoms with Crippen LogP contribution in [-0.2, 0) is 22.3 Å². The van der Waals surface area contributed by atoms with Crippen molar-refractivity contribution in [3.63, 3.8) is 0 Å². The van der Waals surface area contributed by atoms with Crippen molar-refractivity contribution in [3.8, 4) is 0 Å². The number of halogens is 4. The van der Waals surface area contributed by atoms with Crippen LogP contribution in [-0.4, -0.2) is 62.1 Å². The van der Waals surface area contributed by atoms with Gasteiger partial charge < -0.3 is 19.7 Å². The standard InChI is InChI=1S/C21H21BrF3N7O3/c1-12-17(30-9-7-29(8-10-30)13(2)33)18(35)32-20(27-19(22)28-32)31(12)11-16(34)26-15-5-3-14(4-6-15)21(23,24)25/h3-6H,7-11H2,1-2H3,(H,26,34). The Morgan fingerprint density at radius 3 is 2.31 bits per heavy atom. The lowest BCUT2D eigenvalue weighted by molar-refractivity contribution is -0.137. The minimum atomic E-state index is -4.48. The van der Waals surface area contributed by atoms with Crippen LogP contribution in [0, 0.1) is 6.92 Å². The maximum Gasteiger partial charge on any atom is 0.416 e. The first kappa shape index (κ1) is 24.7. The Balaban J connectivity index is 1.64. The third kappa shape index (κ3) is 5.01. The number of carbonyl (C=O) groups is 2. The van der Waals surface area contributed by atoms with E-state index in [0.29, 0.717) is 37.6 Å². The zero-order valence-corrected chi connectivity index (χ0v) is 20.4. The molecule has 3 heterocycles. The number of nitrogens with zero attached hydrogens (tertiary/aromatic N) is 6. The summed E-state index contributed by atoms with van der Waals surface area (Å²) in [6.07, 6.45) is -4.48. The fourth-order valence-electron chi connectivity index (χ4n) is 4.01. The number of piperazine rings is 1. The summed E-state index contributed by atoms with van der Waals surface area (Å²) in [7, 11) is 0. The quantitative estimate of drug-likeness (QED) is 0.529. The predicted octanol–water partition coefficient (Wildman–Crippen LogP) is 2.29. The highest BCUT2D eigenvalue weighted by Crippen LogP contribution is 2.30. The number of hydrogen-bond acceptors (Lipinski definition) is 6. The topological polar surface area (TPSA) is 105 Å². The molecule has 0 bridgehead atoms. The second-order valence-corrected chi connectivity index (χ2v) is 8.74. The van der Waals surface area contributed by atoms with Gasteiger partial charge in [0.15, 0.2) is 0 Å². The normalized spacial score (nSPS) is 14.5. The molecule has 1 aliphatic rings. The fourth-order valence-corrected chi connectivity index (χ4v) is 4.33. The smallest absolute Gasteiger partial charge is 0.362 e. The van der Waals surface area contributed by atoms with Crippen molar-refractivity contribution in [2.75, 3.05) is 36.4 Å². The van der Waals surface area contributed by atoms with Gasteiger partial charge in [0.25, 0.3) is 5.56 Å². The van der Waals surface area contributed by atoms with E-state index in [1.165, 1.54) is 23.6 Å². The van der Waals surface area contributed by atoms with Gasteiger partial charge in [-0.1, -0.05) is 0 Å². The number of carbonyl (C=O) groups excluding carboxylic acids is 2. The number of nitrogens with one attached hydrogen (secondary N) is 1. The van der Waals surface area contributed by atoms with E-state index in [9.17, 15) is 27.6 Å². The van der Waals surface area contributed by atoms with Gasteiger partial charge in [0.05, 0.1) is 5.56 Å². The van der Waals surface area contributed by atoms with Gasteiger partial charge in [0.2, 0.25) is 22.3 Å². The molecule has 2 aromatic heterocycles. The first-order valence-corrected chi connectivity index (χ1v) is 11.4. The third-order valence-corrected chi connectivity index (χ3v) is 6.12. The molecular weight excluding hydrogens is 535 g/mol. The molecule has 0 atom stereocenters. The minimum Gasteiger partial charge on any atom is -0.362 e. The van der Waals surface area contributed by atoms with E-state index in [1.54, 1.807) is 11.8 Å². The molecule has 1 aromatic carbocycles. The van der Waals surface area contributed by atoms with Crippen molar-refractivity contribution in [2.24, 2.45) is 0 Å². The molecule has 14 heteroatoms. The molecule has 1 N–H and O–H groups in total. The number of anilines is 2. The van der Waals surface area contributed by atoms with E-state index in [1.807, 2.05) is 4.90 Å². The Labute approximate surface area is 205 Å². The molecule has 10 nitrogen and oxygen atoms in total. The molecule has 2 amide bonds. The van der Waals surface area contributed by atoms with Crippen LogP contribution < -0.4 is 15.8 Å². The summed E-state index contributed by atoms with van der Waals surface area (Å²) in [6.45, 7) is 4.65. The number of hydrogen-bond donors (Lipinski definition) is 1. The van der Waals surface area contributed by atoms with E-state index in [0.717, 1.165) is 16.6 Å². The number of aromatic nitrogens is 4. The molecule has 0 saturated carbocycles. The van der Waals surface area contributed by atoms with E-state index in [4.69, 9.17) is 0 Å². The molecule has 186 valence electrons. The average Bonchev–Trinajstić information content (AvgIpc) is 3.19. The second kappa shape index (κ2) is 9.32. The van der Waals surface area contributed by atoms with Gasteiger partial charge in [-0.25, -0.2) is 0 Å². The van der Waals surface area contributed by atoms with Crippen molar-refractivity contribution in [3.05, 3.63) is 50.6 Å². The van der Waals surface area contributed by atoms with Crippen molar-refractivity contribution in [1.29, 1.82) is 0 Å². The summed E-state index contributed by atoms with van der Waals surface area (Å²) in [6, 6.07) is 4.10. The number of benzene rings is 1. The van der Waals surface area contributed by atoms with Crippen molar-refractivity contribution < 1.29 is 22.8 Å². The molecule has 0 spiro atoms. The Morgan fingerprint density at radius 1 is 1.11 bits per heavy atom. The summed E-state index contributed by atoms with van der Waals surface area (Å²) in [5.74, 6) is -0.438. The minimum absolute atomic E-state index is 0.0469. The van der Waals surface area contributed by atoms with Crippen LogP contribution in [0.5, 0.6) is 0 Å². The van der Waals surface area contributed by atoms with E-state index >= 15 is 0 Å². The lowest BCUT2D eigenvalue weighted by atomic mass is 10.2. The average molecular weight is 556 g/mol. The lowest BCUT2D eigenvalue weighted by Gasteiger charge is -2.36. The van der Waals surface area contributed by atoms with Crippen LogP contribution in [0.25, 0.3) is 5.78 Å². The number of rotatable bonds is 4. The highest BCUT2D eigenvalue weighted by atomic mass is 79.9. The molecule has 0 unspecified atom stereocenters. The van der Waals surface area contributed by atoms with Crippen LogP contribution in [0.1, 0.15) is 18.2 Å². The molecule has 0 radical (unpaired) electrons.